The summed E-state index contributed by atoms with van der Waals surface area (Å²) in [7, 11) is 0. The lowest BCUT2D eigenvalue weighted by Crippen LogP contribution is -2.31. The molecule has 3 nitrogen and oxygen atoms in total. The zero-order chi connectivity index (χ0) is 13.4. The lowest BCUT2D eigenvalue weighted by Gasteiger charge is -2.26. The molecule has 1 aromatic carbocycles. The lowest BCUT2D eigenvalue weighted by atomic mass is 10.1. The summed E-state index contributed by atoms with van der Waals surface area (Å²) >= 11 is 0. The molecular formula is C15H25N3. The highest BCUT2D eigenvalue weighted by Gasteiger charge is 2.09. The number of unbranched alkanes of at least 4 members (excludes halogenated alkanes) is 1. The summed E-state index contributed by atoms with van der Waals surface area (Å²) in [6, 6.07) is 11.1. The summed E-state index contributed by atoms with van der Waals surface area (Å²) in [6.07, 6.45) is 2.83. The molecule has 0 aromatic heterocycles. The maximum Gasteiger partial charge on any atom is 0.0905 e. The Hall–Kier alpha value is -1.35. The molecule has 0 unspecified atom stereocenters. The van der Waals surface area contributed by atoms with Gasteiger partial charge >= 0.3 is 0 Å². The Kier molecular flexibility index (Phi) is 6.44. The molecule has 100 valence electrons. The van der Waals surface area contributed by atoms with E-state index in [4.69, 9.17) is 11.1 Å². The Labute approximate surface area is 111 Å². The molecule has 0 aliphatic rings. The number of hydrogen-bond donors (Lipinski definition) is 2. The Morgan fingerprint density at radius 2 is 1.89 bits per heavy atom. The normalized spacial score (nSPS) is 11.1. The van der Waals surface area contributed by atoms with Crippen LogP contribution in [0.2, 0.25) is 0 Å². The van der Waals surface area contributed by atoms with Gasteiger partial charge in [0.1, 0.15) is 0 Å². The molecule has 0 saturated carbocycles. The molecule has 18 heavy (non-hydrogen) atoms. The zero-order valence-electron chi connectivity index (χ0n) is 11.5. The summed E-state index contributed by atoms with van der Waals surface area (Å²) < 4.78 is 0. The van der Waals surface area contributed by atoms with Gasteiger partial charge in [0.25, 0.3) is 0 Å². The average Bonchev–Trinajstić information content (AvgIpc) is 2.33. The van der Waals surface area contributed by atoms with Gasteiger partial charge in [-0.15, -0.1) is 0 Å². The Balaban J connectivity index is 2.38. The van der Waals surface area contributed by atoms with Crippen LogP contribution in [0.15, 0.2) is 30.3 Å². The predicted octanol–water partition coefficient (Wildman–Crippen LogP) is 3.00. The average molecular weight is 247 g/mol. The summed E-state index contributed by atoms with van der Waals surface area (Å²) in [5.41, 5.74) is 6.72. The van der Waals surface area contributed by atoms with Gasteiger partial charge in [0, 0.05) is 19.0 Å². The molecule has 0 radical (unpaired) electrons. The fourth-order valence-corrected chi connectivity index (χ4v) is 1.97. The van der Waals surface area contributed by atoms with Crippen LogP contribution in [-0.2, 0) is 6.54 Å². The minimum Gasteiger partial charge on any atom is -0.388 e. The summed E-state index contributed by atoms with van der Waals surface area (Å²) in [4.78, 5) is 2.47. The van der Waals surface area contributed by atoms with E-state index < -0.39 is 0 Å². The van der Waals surface area contributed by atoms with E-state index in [1.54, 1.807) is 0 Å². The first-order valence-electron chi connectivity index (χ1n) is 6.70. The minimum atomic E-state index is 0.300. The number of nitrogens with zero attached hydrogens (tertiary/aromatic N) is 1. The van der Waals surface area contributed by atoms with Crippen molar-refractivity contribution in [2.45, 2.75) is 45.7 Å². The van der Waals surface area contributed by atoms with Crippen molar-refractivity contribution in [1.82, 2.24) is 4.90 Å². The van der Waals surface area contributed by atoms with Gasteiger partial charge in [-0.3, -0.25) is 10.3 Å². The van der Waals surface area contributed by atoms with Crippen molar-refractivity contribution in [3.63, 3.8) is 0 Å². The molecule has 0 amide bonds. The third-order valence-corrected chi connectivity index (χ3v) is 3.10. The van der Waals surface area contributed by atoms with Crippen LogP contribution in [0.1, 0.15) is 38.7 Å². The largest absolute Gasteiger partial charge is 0.388 e. The van der Waals surface area contributed by atoms with Crippen LogP contribution in [0.25, 0.3) is 0 Å². The smallest absolute Gasteiger partial charge is 0.0905 e. The number of rotatable bonds is 8. The number of hydrogen-bond acceptors (Lipinski definition) is 2. The molecule has 0 aliphatic carbocycles. The SMILES string of the molecule is CC(C)N(CCCCC(=N)N)Cc1ccccc1. The molecule has 0 heterocycles. The maximum absolute atomic E-state index is 7.21. The molecule has 0 spiro atoms. The quantitative estimate of drug-likeness (QED) is 0.421. The topological polar surface area (TPSA) is 53.1 Å². The fourth-order valence-electron chi connectivity index (χ4n) is 1.97. The number of nitrogens with two attached hydrogens (primary N) is 1. The van der Waals surface area contributed by atoms with Gasteiger partial charge in [-0.1, -0.05) is 30.3 Å². The second kappa shape index (κ2) is 7.88. The van der Waals surface area contributed by atoms with Gasteiger partial charge in [-0.05, 0) is 38.8 Å². The number of nitrogens with one attached hydrogen (secondary N) is 1. The first-order valence-corrected chi connectivity index (χ1v) is 6.70. The van der Waals surface area contributed by atoms with Gasteiger partial charge in [0.2, 0.25) is 0 Å². The van der Waals surface area contributed by atoms with E-state index in [2.05, 4.69) is 49.1 Å². The highest BCUT2D eigenvalue weighted by molar-refractivity contribution is 5.76. The van der Waals surface area contributed by atoms with Crippen LogP contribution >= 0.6 is 0 Å². The van der Waals surface area contributed by atoms with Crippen LogP contribution in [0.4, 0.5) is 0 Å². The first-order chi connectivity index (χ1) is 8.59. The molecule has 0 fully saturated rings. The van der Waals surface area contributed by atoms with Crippen molar-refractivity contribution in [3.8, 4) is 0 Å². The van der Waals surface area contributed by atoms with E-state index >= 15 is 0 Å². The predicted molar refractivity (Wildman–Crippen MR) is 77.8 cm³/mol. The van der Waals surface area contributed by atoms with Crippen LogP contribution in [0, 0.1) is 5.41 Å². The van der Waals surface area contributed by atoms with E-state index in [1.165, 1.54) is 5.56 Å². The van der Waals surface area contributed by atoms with Crippen molar-refractivity contribution in [2.75, 3.05) is 6.54 Å². The number of amidine groups is 1. The standard InChI is InChI=1S/C15H25N3/c1-13(2)18(11-7-6-10-15(16)17)12-14-8-4-3-5-9-14/h3-5,8-9,13H,6-7,10-12H2,1-2H3,(H3,16,17). The number of benzene rings is 1. The van der Waals surface area contributed by atoms with Crippen LogP contribution < -0.4 is 5.73 Å². The van der Waals surface area contributed by atoms with Gasteiger partial charge < -0.3 is 5.73 Å². The van der Waals surface area contributed by atoms with Crippen LogP contribution in [0.3, 0.4) is 0 Å². The van der Waals surface area contributed by atoms with E-state index in [9.17, 15) is 0 Å². The van der Waals surface area contributed by atoms with Gasteiger partial charge in [-0.25, -0.2) is 0 Å². The third kappa shape index (κ3) is 5.82. The molecular weight excluding hydrogens is 222 g/mol. The molecule has 1 rings (SSSR count). The molecule has 0 bridgehead atoms. The molecule has 0 saturated heterocycles. The van der Waals surface area contributed by atoms with Crippen molar-refractivity contribution in [2.24, 2.45) is 5.73 Å². The monoisotopic (exact) mass is 247 g/mol. The second-order valence-electron chi connectivity index (χ2n) is 5.03. The zero-order valence-corrected chi connectivity index (χ0v) is 11.5. The van der Waals surface area contributed by atoms with Crippen molar-refractivity contribution in [3.05, 3.63) is 35.9 Å². The molecule has 3 N–H and O–H groups in total. The van der Waals surface area contributed by atoms with E-state index in [-0.39, 0.29) is 0 Å². The Morgan fingerprint density at radius 1 is 1.22 bits per heavy atom. The van der Waals surface area contributed by atoms with Gasteiger partial charge in [0.15, 0.2) is 0 Å². The summed E-state index contributed by atoms with van der Waals surface area (Å²) in [6.45, 7) is 6.53. The third-order valence-electron chi connectivity index (χ3n) is 3.10. The van der Waals surface area contributed by atoms with Crippen LogP contribution in [0.5, 0.6) is 0 Å². The molecule has 3 heteroatoms. The molecule has 1 aromatic rings. The van der Waals surface area contributed by atoms with Gasteiger partial charge in [-0.2, -0.15) is 0 Å². The molecule has 0 atom stereocenters. The van der Waals surface area contributed by atoms with E-state index in [0.717, 1.165) is 32.4 Å². The summed E-state index contributed by atoms with van der Waals surface area (Å²) in [5, 5.41) is 7.21. The second-order valence-corrected chi connectivity index (χ2v) is 5.03. The Bertz CT molecular complexity index is 346. The van der Waals surface area contributed by atoms with Crippen molar-refractivity contribution in [1.29, 1.82) is 5.41 Å². The highest BCUT2D eigenvalue weighted by atomic mass is 15.1. The maximum atomic E-state index is 7.21. The highest BCUT2D eigenvalue weighted by Crippen LogP contribution is 2.10. The van der Waals surface area contributed by atoms with E-state index in [1.807, 2.05) is 0 Å². The first kappa shape index (κ1) is 14.7. The summed E-state index contributed by atoms with van der Waals surface area (Å²) in [5.74, 6) is 0.300. The van der Waals surface area contributed by atoms with Gasteiger partial charge in [0.05, 0.1) is 5.84 Å². The fraction of sp³-hybridized carbons (Fsp3) is 0.533. The lowest BCUT2D eigenvalue weighted by molar-refractivity contribution is 0.209. The Morgan fingerprint density at radius 3 is 2.44 bits per heavy atom. The van der Waals surface area contributed by atoms with Crippen LogP contribution in [-0.4, -0.2) is 23.3 Å². The van der Waals surface area contributed by atoms with Crippen molar-refractivity contribution < 1.29 is 0 Å². The van der Waals surface area contributed by atoms with Crippen molar-refractivity contribution >= 4 is 5.84 Å². The van der Waals surface area contributed by atoms with E-state index in [0.29, 0.717) is 11.9 Å². The molecule has 0 aliphatic heterocycles. The minimum absolute atomic E-state index is 0.300.